The summed E-state index contributed by atoms with van der Waals surface area (Å²) >= 11 is 0. The molecule has 2 atom stereocenters. The van der Waals surface area contributed by atoms with Crippen LogP contribution in [0.15, 0.2) is 29.2 Å². The zero-order valence-electron chi connectivity index (χ0n) is 10.2. The Kier molecular flexibility index (Phi) is 3.51. The number of nitrogens with one attached hydrogen (secondary N) is 1. The fourth-order valence-corrected chi connectivity index (χ4v) is 2.19. The number of hydrogen-bond donors (Lipinski definition) is 1. The molecule has 2 unspecified atom stereocenters. The molecule has 1 aliphatic rings. The van der Waals surface area contributed by atoms with Crippen molar-refractivity contribution in [1.29, 1.82) is 0 Å². The van der Waals surface area contributed by atoms with E-state index in [1.165, 1.54) is 0 Å². The van der Waals surface area contributed by atoms with E-state index in [1.807, 2.05) is 26.0 Å². The van der Waals surface area contributed by atoms with Crippen molar-refractivity contribution in [3.05, 3.63) is 24.3 Å². The number of epoxide rings is 1. The van der Waals surface area contributed by atoms with Crippen LogP contribution in [0.1, 0.15) is 13.8 Å². The van der Waals surface area contributed by atoms with Gasteiger partial charge in [-0.1, -0.05) is 0 Å². The van der Waals surface area contributed by atoms with Crippen LogP contribution < -0.4 is 9.46 Å². The summed E-state index contributed by atoms with van der Waals surface area (Å²) in [4.78, 5) is 0.736. The standard InChI is InChI=1S/C12H17NO3S/c1-12(2,11-8-15-11)16-9-4-6-10(7-5-9)17(14)13-3/h4-7,11,13H,8H2,1-3H3. The summed E-state index contributed by atoms with van der Waals surface area (Å²) in [6.07, 6.45) is 0.175. The van der Waals surface area contributed by atoms with Crippen LogP contribution in [-0.4, -0.2) is 29.6 Å². The number of hydrogen-bond acceptors (Lipinski definition) is 3. The van der Waals surface area contributed by atoms with E-state index in [2.05, 4.69) is 4.72 Å². The van der Waals surface area contributed by atoms with E-state index in [0.717, 1.165) is 17.3 Å². The fraction of sp³-hybridized carbons (Fsp3) is 0.500. The van der Waals surface area contributed by atoms with Crippen LogP contribution in [0.4, 0.5) is 0 Å². The van der Waals surface area contributed by atoms with Crippen LogP contribution in [0, 0.1) is 0 Å². The van der Waals surface area contributed by atoms with E-state index in [4.69, 9.17) is 9.47 Å². The Morgan fingerprint density at radius 2 is 2.00 bits per heavy atom. The molecule has 1 heterocycles. The maximum absolute atomic E-state index is 11.5. The van der Waals surface area contributed by atoms with Crippen LogP contribution in [0.25, 0.3) is 0 Å². The highest BCUT2D eigenvalue weighted by Crippen LogP contribution is 2.29. The van der Waals surface area contributed by atoms with E-state index in [9.17, 15) is 4.21 Å². The minimum Gasteiger partial charge on any atom is -0.485 e. The van der Waals surface area contributed by atoms with E-state index in [1.54, 1.807) is 19.2 Å². The molecule has 0 spiro atoms. The summed E-state index contributed by atoms with van der Waals surface area (Å²) in [5, 5.41) is 0. The van der Waals surface area contributed by atoms with Gasteiger partial charge in [0.1, 0.15) is 28.4 Å². The molecule has 4 nitrogen and oxygen atoms in total. The normalized spacial score (nSPS) is 21.0. The van der Waals surface area contributed by atoms with Crippen LogP contribution in [-0.2, 0) is 15.7 Å². The molecule has 2 rings (SSSR count). The SMILES string of the molecule is CNS(=O)c1ccc(OC(C)(C)C2CO2)cc1. The van der Waals surface area contributed by atoms with Gasteiger partial charge in [0.25, 0.3) is 0 Å². The molecule has 1 aromatic rings. The number of benzene rings is 1. The van der Waals surface area contributed by atoms with Crippen molar-refractivity contribution in [2.45, 2.75) is 30.4 Å². The van der Waals surface area contributed by atoms with Crippen molar-refractivity contribution in [3.63, 3.8) is 0 Å². The number of rotatable bonds is 5. The van der Waals surface area contributed by atoms with Gasteiger partial charge < -0.3 is 9.47 Å². The molecule has 1 fully saturated rings. The van der Waals surface area contributed by atoms with Crippen LogP contribution >= 0.6 is 0 Å². The van der Waals surface area contributed by atoms with Gasteiger partial charge in [0.2, 0.25) is 0 Å². The van der Waals surface area contributed by atoms with E-state index in [-0.39, 0.29) is 11.7 Å². The van der Waals surface area contributed by atoms with Gasteiger partial charge in [-0.25, -0.2) is 8.93 Å². The third kappa shape index (κ3) is 3.06. The summed E-state index contributed by atoms with van der Waals surface area (Å²) in [5.74, 6) is 0.766. The first-order valence-corrected chi connectivity index (χ1v) is 6.68. The maximum atomic E-state index is 11.5. The zero-order chi connectivity index (χ0) is 12.5. The van der Waals surface area contributed by atoms with E-state index < -0.39 is 11.0 Å². The van der Waals surface area contributed by atoms with Crippen molar-refractivity contribution in [1.82, 2.24) is 4.72 Å². The Balaban J connectivity index is 2.05. The monoisotopic (exact) mass is 255 g/mol. The first-order chi connectivity index (χ1) is 8.03. The van der Waals surface area contributed by atoms with Gasteiger partial charge >= 0.3 is 0 Å². The van der Waals surface area contributed by atoms with Gasteiger partial charge in [0.05, 0.1) is 11.5 Å². The Bertz CT molecular complexity index is 412. The molecular formula is C12H17NO3S. The number of ether oxygens (including phenoxy) is 2. The molecule has 17 heavy (non-hydrogen) atoms. The molecule has 94 valence electrons. The largest absolute Gasteiger partial charge is 0.485 e. The topological polar surface area (TPSA) is 50.9 Å². The Labute approximate surface area is 104 Å². The summed E-state index contributed by atoms with van der Waals surface area (Å²) in [5.41, 5.74) is -0.316. The summed E-state index contributed by atoms with van der Waals surface area (Å²) < 4.78 is 25.2. The molecule has 0 aliphatic carbocycles. The molecule has 0 bridgehead atoms. The third-order valence-corrected chi connectivity index (χ3v) is 3.78. The minimum atomic E-state index is -1.15. The molecule has 0 saturated carbocycles. The molecule has 1 aliphatic heterocycles. The Morgan fingerprint density at radius 3 is 2.47 bits per heavy atom. The lowest BCUT2D eigenvalue weighted by molar-refractivity contribution is 0.0744. The molecule has 1 saturated heterocycles. The second-order valence-corrected chi connectivity index (χ2v) is 5.89. The van der Waals surface area contributed by atoms with Crippen LogP contribution in [0.3, 0.4) is 0 Å². The highest BCUT2D eigenvalue weighted by molar-refractivity contribution is 7.83. The van der Waals surface area contributed by atoms with Gasteiger partial charge in [-0.15, -0.1) is 0 Å². The Morgan fingerprint density at radius 1 is 1.41 bits per heavy atom. The first-order valence-electron chi connectivity index (χ1n) is 5.53. The smallest absolute Gasteiger partial charge is 0.132 e. The zero-order valence-corrected chi connectivity index (χ0v) is 11.0. The van der Waals surface area contributed by atoms with Gasteiger partial charge in [0.15, 0.2) is 0 Å². The highest BCUT2D eigenvalue weighted by atomic mass is 32.2. The van der Waals surface area contributed by atoms with Gasteiger partial charge in [-0.3, -0.25) is 0 Å². The van der Waals surface area contributed by atoms with Gasteiger partial charge in [0, 0.05) is 0 Å². The average Bonchev–Trinajstić information content (AvgIpc) is 3.12. The average molecular weight is 255 g/mol. The molecule has 5 heteroatoms. The lowest BCUT2D eigenvalue weighted by Crippen LogP contribution is -2.34. The minimum absolute atomic E-state index is 0.175. The second kappa shape index (κ2) is 4.76. The van der Waals surface area contributed by atoms with Crippen molar-refractivity contribution in [3.8, 4) is 5.75 Å². The third-order valence-electron chi connectivity index (χ3n) is 2.71. The van der Waals surface area contributed by atoms with Gasteiger partial charge in [-0.2, -0.15) is 0 Å². The van der Waals surface area contributed by atoms with Crippen molar-refractivity contribution >= 4 is 11.0 Å². The van der Waals surface area contributed by atoms with Crippen molar-refractivity contribution in [2.75, 3.05) is 13.7 Å². The maximum Gasteiger partial charge on any atom is 0.132 e. The van der Waals surface area contributed by atoms with Crippen molar-refractivity contribution in [2.24, 2.45) is 0 Å². The summed E-state index contributed by atoms with van der Waals surface area (Å²) in [6.45, 7) is 4.77. The van der Waals surface area contributed by atoms with E-state index >= 15 is 0 Å². The quantitative estimate of drug-likeness (QED) is 0.811. The molecule has 0 amide bonds. The second-order valence-electron chi connectivity index (χ2n) is 4.47. The molecule has 0 radical (unpaired) electrons. The van der Waals surface area contributed by atoms with Crippen molar-refractivity contribution < 1.29 is 13.7 Å². The lowest BCUT2D eigenvalue weighted by Gasteiger charge is -2.24. The van der Waals surface area contributed by atoms with Crippen LogP contribution in [0.2, 0.25) is 0 Å². The lowest BCUT2D eigenvalue weighted by atomic mass is 10.1. The predicted molar refractivity (Wildman–Crippen MR) is 66.4 cm³/mol. The molecule has 1 aromatic carbocycles. The molecule has 1 N–H and O–H groups in total. The Hall–Kier alpha value is -0.910. The van der Waals surface area contributed by atoms with Crippen LogP contribution in [0.5, 0.6) is 5.75 Å². The first kappa shape index (κ1) is 12.5. The summed E-state index contributed by atoms with van der Waals surface area (Å²) in [7, 11) is 0.512. The molecule has 0 aromatic heterocycles. The van der Waals surface area contributed by atoms with Gasteiger partial charge in [-0.05, 0) is 45.2 Å². The predicted octanol–water partition coefficient (Wildman–Crippen LogP) is 1.48. The summed E-state index contributed by atoms with van der Waals surface area (Å²) in [6, 6.07) is 7.25. The fourth-order valence-electron chi connectivity index (χ4n) is 1.57. The highest BCUT2D eigenvalue weighted by Gasteiger charge is 2.41. The van der Waals surface area contributed by atoms with E-state index in [0.29, 0.717) is 0 Å². The molecular weight excluding hydrogens is 238 g/mol.